The average Bonchev–Trinajstić information content (AvgIpc) is 2.38. The van der Waals surface area contributed by atoms with Crippen molar-refractivity contribution in [3.05, 3.63) is 29.8 Å². The lowest BCUT2D eigenvalue weighted by Crippen LogP contribution is -2.27. The molecule has 1 aliphatic rings. The van der Waals surface area contributed by atoms with Crippen LogP contribution >= 0.6 is 0 Å². The largest absolute Gasteiger partial charge is 0.493 e. The summed E-state index contributed by atoms with van der Waals surface area (Å²) in [6, 6.07) is 7.04. The highest BCUT2D eigenvalue weighted by molar-refractivity contribution is 5.92. The normalized spacial score (nSPS) is 18.3. The van der Waals surface area contributed by atoms with Gasteiger partial charge in [0.1, 0.15) is 5.75 Å². The predicted molar refractivity (Wildman–Crippen MR) is 71.6 cm³/mol. The van der Waals surface area contributed by atoms with Gasteiger partial charge in [-0.25, -0.2) is 0 Å². The number of carbonyl (C=O) groups excluding carboxylic acids is 1. The molecule has 0 aliphatic heterocycles. The lowest BCUT2D eigenvalue weighted by atomic mass is 9.76. The Labute approximate surface area is 108 Å². The molecule has 98 valence electrons. The van der Waals surface area contributed by atoms with Crippen molar-refractivity contribution < 1.29 is 9.53 Å². The molecule has 1 amide bonds. The Morgan fingerprint density at radius 3 is 2.39 bits per heavy atom. The van der Waals surface area contributed by atoms with Crippen LogP contribution in [0, 0.1) is 5.41 Å². The predicted octanol–water partition coefficient (Wildman–Crippen LogP) is 3.13. The summed E-state index contributed by atoms with van der Waals surface area (Å²) in [5.41, 5.74) is 6.02. The maximum absolute atomic E-state index is 10.9. The maximum atomic E-state index is 10.9. The highest BCUT2D eigenvalue weighted by Crippen LogP contribution is 2.36. The van der Waals surface area contributed by atoms with E-state index < -0.39 is 5.91 Å². The molecule has 1 aromatic carbocycles. The number of carbonyl (C=O) groups is 1. The second-order valence-electron chi connectivity index (χ2n) is 5.55. The lowest BCUT2D eigenvalue weighted by molar-refractivity contribution is 0.0999. The van der Waals surface area contributed by atoms with E-state index in [2.05, 4.69) is 6.92 Å². The standard InChI is InChI=1S/C15H21NO2/c1-15(9-3-2-4-10-15)11-18-13-7-5-12(6-8-13)14(16)17/h5-8H,2-4,9-11H2,1H3,(H2,16,17). The van der Waals surface area contributed by atoms with Gasteiger partial charge in [0.05, 0.1) is 6.61 Å². The van der Waals surface area contributed by atoms with Gasteiger partial charge in [-0.2, -0.15) is 0 Å². The minimum Gasteiger partial charge on any atom is -0.493 e. The fourth-order valence-corrected chi connectivity index (χ4v) is 2.52. The molecule has 0 aromatic heterocycles. The van der Waals surface area contributed by atoms with Crippen LogP contribution in [0.3, 0.4) is 0 Å². The summed E-state index contributed by atoms with van der Waals surface area (Å²) in [7, 11) is 0. The summed E-state index contributed by atoms with van der Waals surface area (Å²) >= 11 is 0. The highest BCUT2D eigenvalue weighted by atomic mass is 16.5. The maximum Gasteiger partial charge on any atom is 0.248 e. The molecule has 0 bridgehead atoms. The van der Waals surface area contributed by atoms with E-state index in [0.717, 1.165) is 12.4 Å². The van der Waals surface area contributed by atoms with E-state index in [1.165, 1.54) is 32.1 Å². The molecule has 2 N–H and O–H groups in total. The van der Waals surface area contributed by atoms with E-state index in [4.69, 9.17) is 10.5 Å². The number of hydrogen-bond donors (Lipinski definition) is 1. The topological polar surface area (TPSA) is 52.3 Å². The third-order valence-corrected chi connectivity index (χ3v) is 3.79. The number of amides is 1. The van der Waals surface area contributed by atoms with E-state index in [0.29, 0.717) is 11.0 Å². The number of nitrogens with two attached hydrogens (primary N) is 1. The molecule has 1 aromatic rings. The number of hydrogen-bond acceptors (Lipinski definition) is 2. The Hall–Kier alpha value is -1.51. The van der Waals surface area contributed by atoms with Crippen LogP contribution in [0.5, 0.6) is 5.75 Å². The van der Waals surface area contributed by atoms with Crippen molar-refractivity contribution >= 4 is 5.91 Å². The molecular formula is C15H21NO2. The highest BCUT2D eigenvalue weighted by Gasteiger charge is 2.27. The first kappa shape index (κ1) is 12.9. The van der Waals surface area contributed by atoms with Crippen LogP contribution in [0.25, 0.3) is 0 Å². The van der Waals surface area contributed by atoms with Gasteiger partial charge in [-0.05, 0) is 37.1 Å². The zero-order valence-corrected chi connectivity index (χ0v) is 10.9. The van der Waals surface area contributed by atoms with E-state index in [1.54, 1.807) is 12.1 Å². The Balaban J connectivity index is 1.91. The van der Waals surface area contributed by atoms with Crippen LogP contribution in [-0.4, -0.2) is 12.5 Å². The van der Waals surface area contributed by atoms with Gasteiger partial charge in [-0.3, -0.25) is 4.79 Å². The van der Waals surface area contributed by atoms with Crippen LogP contribution in [0.4, 0.5) is 0 Å². The molecule has 3 heteroatoms. The van der Waals surface area contributed by atoms with Gasteiger partial charge in [0.15, 0.2) is 0 Å². The Bertz CT molecular complexity index is 405. The zero-order valence-electron chi connectivity index (χ0n) is 10.9. The molecule has 0 heterocycles. The second-order valence-corrected chi connectivity index (χ2v) is 5.55. The first-order valence-electron chi connectivity index (χ1n) is 6.62. The van der Waals surface area contributed by atoms with Crippen molar-refractivity contribution in [2.24, 2.45) is 11.1 Å². The molecule has 2 rings (SSSR count). The van der Waals surface area contributed by atoms with Crippen molar-refractivity contribution in [1.29, 1.82) is 0 Å². The lowest BCUT2D eigenvalue weighted by Gasteiger charge is -2.33. The van der Waals surface area contributed by atoms with Crippen molar-refractivity contribution in [3.8, 4) is 5.75 Å². The van der Waals surface area contributed by atoms with E-state index in [1.807, 2.05) is 12.1 Å². The fourth-order valence-electron chi connectivity index (χ4n) is 2.52. The molecule has 3 nitrogen and oxygen atoms in total. The summed E-state index contributed by atoms with van der Waals surface area (Å²) in [5, 5.41) is 0. The summed E-state index contributed by atoms with van der Waals surface area (Å²) in [5.74, 6) is 0.410. The van der Waals surface area contributed by atoms with Gasteiger partial charge < -0.3 is 10.5 Å². The van der Waals surface area contributed by atoms with Crippen LogP contribution in [0.15, 0.2) is 24.3 Å². The molecule has 0 unspecified atom stereocenters. The van der Waals surface area contributed by atoms with Crippen LogP contribution in [0.2, 0.25) is 0 Å². The first-order chi connectivity index (χ1) is 8.59. The zero-order chi connectivity index (χ0) is 13.0. The van der Waals surface area contributed by atoms with E-state index in [9.17, 15) is 4.79 Å². The van der Waals surface area contributed by atoms with Gasteiger partial charge in [0, 0.05) is 11.0 Å². The summed E-state index contributed by atoms with van der Waals surface area (Å²) in [6.07, 6.45) is 6.45. The second kappa shape index (κ2) is 5.42. The van der Waals surface area contributed by atoms with Crippen LogP contribution < -0.4 is 10.5 Å². The third kappa shape index (κ3) is 3.25. The molecule has 0 radical (unpaired) electrons. The van der Waals surface area contributed by atoms with Crippen molar-refractivity contribution in [3.63, 3.8) is 0 Å². The molecule has 1 aliphatic carbocycles. The summed E-state index contributed by atoms with van der Waals surface area (Å²) < 4.78 is 5.83. The van der Waals surface area contributed by atoms with Gasteiger partial charge >= 0.3 is 0 Å². The smallest absolute Gasteiger partial charge is 0.248 e. The van der Waals surface area contributed by atoms with E-state index >= 15 is 0 Å². The van der Waals surface area contributed by atoms with Crippen molar-refractivity contribution in [2.45, 2.75) is 39.0 Å². The SMILES string of the molecule is CC1(COc2ccc(C(N)=O)cc2)CCCCC1. The quantitative estimate of drug-likeness (QED) is 0.888. The van der Waals surface area contributed by atoms with Crippen molar-refractivity contribution in [2.75, 3.05) is 6.61 Å². The van der Waals surface area contributed by atoms with Gasteiger partial charge in [0.25, 0.3) is 0 Å². The number of benzene rings is 1. The average molecular weight is 247 g/mol. The molecule has 1 saturated carbocycles. The third-order valence-electron chi connectivity index (χ3n) is 3.79. The molecule has 0 spiro atoms. The number of ether oxygens (including phenoxy) is 1. The molecule has 1 fully saturated rings. The summed E-state index contributed by atoms with van der Waals surface area (Å²) in [4.78, 5) is 10.9. The molecular weight excluding hydrogens is 226 g/mol. The van der Waals surface area contributed by atoms with Crippen molar-refractivity contribution in [1.82, 2.24) is 0 Å². The van der Waals surface area contributed by atoms with Crippen LogP contribution in [-0.2, 0) is 0 Å². The molecule has 18 heavy (non-hydrogen) atoms. The first-order valence-corrected chi connectivity index (χ1v) is 6.62. The van der Waals surface area contributed by atoms with Crippen LogP contribution in [0.1, 0.15) is 49.4 Å². The van der Waals surface area contributed by atoms with Gasteiger partial charge in [-0.15, -0.1) is 0 Å². The Morgan fingerprint density at radius 1 is 1.22 bits per heavy atom. The van der Waals surface area contributed by atoms with Gasteiger partial charge in [0.2, 0.25) is 5.91 Å². The monoisotopic (exact) mass is 247 g/mol. The number of rotatable bonds is 4. The minimum absolute atomic E-state index is 0.306. The number of primary amides is 1. The fraction of sp³-hybridized carbons (Fsp3) is 0.533. The minimum atomic E-state index is -0.402. The molecule has 0 saturated heterocycles. The Kier molecular flexibility index (Phi) is 3.90. The summed E-state index contributed by atoms with van der Waals surface area (Å²) in [6.45, 7) is 3.05. The van der Waals surface area contributed by atoms with Gasteiger partial charge in [-0.1, -0.05) is 26.2 Å². The van der Waals surface area contributed by atoms with E-state index in [-0.39, 0.29) is 0 Å². The Morgan fingerprint density at radius 2 is 1.83 bits per heavy atom. The molecule has 0 atom stereocenters.